The van der Waals surface area contributed by atoms with Crippen LogP contribution < -0.4 is 10.6 Å². The zero-order valence-corrected chi connectivity index (χ0v) is 18.7. The first-order valence-corrected chi connectivity index (χ1v) is 11.8. The van der Waals surface area contributed by atoms with E-state index in [2.05, 4.69) is 15.6 Å². The Balaban J connectivity index is 1.61. The van der Waals surface area contributed by atoms with E-state index in [1.165, 1.54) is 10.4 Å². The van der Waals surface area contributed by atoms with Crippen molar-refractivity contribution in [2.45, 2.75) is 25.8 Å². The average molecular weight is 449 g/mol. The quantitative estimate of drug-likeness (QED) is 0.501. The van der Waals surface area contributed by atoms with Crippen molar-refractivity contribution in [3.63, 3.8) is 0 Å². The van der Waals surface area contributed by atoms with E-state index in [1.54, 1.807) is 26.1 Å². The summed E-state index contributed by atoms with van der Waals surface area (Å²) >= 11 is 0. The molecule has 0 spiro atoms. The lowest BCUT2D eigenvalue weighted by Gasteiger charge is -2.26. The van der Waals surface area contributed by atoms with Crippen LogP contribution in [0.1, 0.15) is 22.3 Å². The first-order valence-electron chi connectivity index (χ1n) is 10.2. The molecule has 0 amide bonds. The third kappa shape index (κ3) is 6.49. The van der Waals surface area contributed by atoms with Crippen LogP contribution in [-0.2, 0) is 33.6 Å². The standard InChI is InChI=1S/C22H29FN4O3S/c1-17-13-18(7-8-21(17)23)14-25-22(24-2)26-15-19-5-3-4-6-20(19)16-31(28,29)27-9-11-30-12-10-27/h3-8,13H,9-12,14-16H2,1-2H3,(H2,24,25,26). The fraction of sp³-hybridized carbons (Fsp3) is 0.409. The van der Waals surface area contributed by atoms with E-state index in [9.17, 15) is 12.8 Å². The van der Waals surface area contributed by atoms with Crippen molar-refractivity contribution in [3.8, 4) is 0 Å². The van der Waals surface area contributed by atoms with Crippen LogP contribution in [0.5, 0.6) is 0 Å². The van der Waals surface area contributed by atoms with Gasteiger partial charge in [0.05, 0.1) is 19.0 Å². The number of hydrogen-bond acceptors (Lipinski definition) is 4. The Hall–Kier alpha value is -2.49. The van der Waals surface area contributed by atoms with Crippen LogP contribution in [0.15, 0.2) is 47.5 Å². The molecule has 31 heavy (non-hydrogen) atoms. The fourth-order valence-electron chi connectivity index (χ4n) is 3.39. The predicted molar refractivity (Wildman–Crippen MR) is 120 cm³/mol. The topological polar surface area (TPSA) is 83.0 Å². The van der Waals surface area contributed by atoms with Gasteiger partial charge >= 0.3 is 0 Å². The van der Waals surface area contributed by atoms with Crippen LogP contribution in [0, 0.1) is 12.7 Å². The monoisotopic (exact) mass is 448 g/mol. The molecule has 1 heterocycles. The predicted octanol–water partition coefficient (Wildman–Crippen LogP) is 2.16. The summed E-state index contributed by atoms with van der Waals surface area (Å²) in [5.74, 6) is 0.300. The molecule has 7 nitrogen and oxygen atoms in total. The van der Waals surface area contributed by atoms with Crippen LogP contribution in [0.25, 0.3) is 0 Å². The Kier molecular flexibility index (Phi) is 8.00. The van der Waals surface area contributed by atoms with E-state index in [4.69, 9.17) is 4.74 Å². The number of hydrogen-bond donors (Lipinski definition) is 2. The minimum absolute atomic E-state index is 0.0499. The van der Waals surface area contributed by atoms with Gasteiger partial charge in [0.2, 0.25) is 10.0 Å². The maximum atomic E-state index is 13.4. The van der Waals surface area contributed by atoms with Gasteiger partial charge in [0.25, 0.3) is 0 Å². The normalized spacial score (nSPS) is 15.6. The van der Waals surface area contributed by atoms with Crippen LogP contribution in [-0.4, -0.2) is 52.0 Å². The number of aliphatic imine (C=N–C) groups is 1. The molecule has 1 saturated heterocycles. The molecule has 0 atom stereocenters. The molecule has 0 saturated carbocycles. The van der Waals surface area contributed by atoms with Gasteiger partial charge < -0.3 is 15.4 Å². The summed E-state index contributed by atoms with van der Waals surface area (Å²) in [6.07, 6.45) is 0. The summed E-state index contributed by atoms with van der Waals surface area (Å²) < 4.78 is 45.8. The Morgan fingerprint density at radius 1 is 1.10 bits per heavy atom. The number of benzene rings is 2. The van der Waals surface area contributed by atoms with Crippen molar-refractivity contribution in [1.82, 2.24) is 14.9 Å². The Bertz CT molecular complexity index is 1020. The largest absolute Gasteiger partial charge is 0.379 e. The zero-order valence-electron chi connectivity index (χ0n) is 17.9. The lowest BCUT2D eigenvalue weighted by atomic mass is 10.1. The molecule has 0 radical (unpaired) electrons. The molecule has 1 fully saturated rings. The number of aryl methyl sites for hydroxylation is 1. The molecule has 1 aliphatic rings. The lowest BCUT2D eigenvalue weighted by Crippen LogP contribution is -2.41. The van der Waals surface area contributed by atoms with Crippen LogP contribution in [0.3, 0.4) is 0 Å². The number of halogens is 1. The summed E-state index contributed by atoms with van der Waals surface area (Å²) in [6, 6.07) is 12.5. The molecular formula is C22H29FN4O3S. The summed E-state index contributed by atoms with van der Waals surface area (Å²) in [5, 5.41) is 6.42. The fourth-order valence-corrected chi connectivity index (χ4v) is 4.95. The SMILES string of the molecule is CN=C(NCc1ccc(F)c(C)c1)NCc1ccccc1CS(=O)(=O)N1CCOCC1. The molecule has 0 bridgehead atoms. The number of nitrogens with zero attached hydrogens (tertiary/aromatic N) is 2. The second-order valence-corrected chi connectivity index (χ2v) is 9.37. The van der Waals surface area contributed by atoms with E-state index in [-0.39, 0.29) is 11.6 Å². The second kappa shape index (κ2) is 10.7. The highest BCUT2D eigenvalue weighted by Gasteiger charge is 2.25. The van der Waals surface area contributed by atoms with Crippen molar-refractivity contribution in [2.75, 3.05) is 33.4 Å². The number of nitrogens with one attached hydrogen (secondary N) is 2. The van der Waals surface area contributed by atoms with E-state index in [0.29, 0.717) is 50.9 Å². The third-order valence-corrected chi connectivity index (χ3v) is 7.00. The van der Waals surface area contributed by atoms with Crippen molar-refractivity contribution in [1.29, 1.82) is 0 Å². The van der Waals surface area contributed by atoms with Crippen molar-refractivity contribution >= 4 is 16.0 Å². The molecule has 3 rings (SSSR count). The number of rotatable bonds is 7. The van der Waals surface area contributed by atoms with E-state index < -0.39 is 10.0 Å². The van der Waals surface area contributed by atoms with Gasteiger partial charge in [-0.15, -0.1) is 0 Å². The summed E-state index contributed by atoms with van der Waals surface area (Å²) in [7, 11) is -1.74. The smallest absolute Gasteiger partial charge is 0.218 e. The van der Waals surface area contributed by atoms with Crippen LogP contribution in [0.4, 0.5) is 4.39 Å². The minimum Gasteiger partial charge on any atom is -0.379 e. The molecule has 0 aliphatic carbocycles. The Morgan fingerprint density at radius 3 is 2.45 bits per heavy atom. The van der Waals surface area contributed by atoms with E-state index in [0.717, 1.165) is 16.7 Å². The van der Waals surface area contributed by atoms with Gasteiger partial charge in [-0.1, -0.05) is 36.4 Å². The van der Waals surface area contributed by atoms with Gasteiger partial charge in [-0.25, -0.2) is 12.8 Å². The molecule has 0 unspecified atom stereocenters. The summed E-state index contributed by atoms with van der Waals surface area (Å²) in [4.78, 5) is 4.22. The first kappa shape index (κ1) is 23.2. The van der Waals surface area contributed by atoms with E-state index >= 15 is 0 Å². The number of ether oxygens (including phenoxy) is 1. The highest BCUT2D eigenvalue weighted by atomic mass is 32.2. The van der Waals surface area contributed by atoms with Gasteiger partial charge in [0, 0.05) is 33.2 Å². The molecule has 9 heteroatoms. The van der Waals surface area contributed by atoms with Gasteiger partial charge in [-0.3, -0.25) is 4.99 Å². The second-order valence-electron chi connectivity index (χ2n) is 7.40. The van der Waals surface area contributed by atoms with Gasteiger partial charge in [-0.2, -0.15) is 4.31 Å². The van der Waals surface area contributed by atoms with Gasteiger partial charge in [0.15, 0.2) is 5.96 Å². The maximum Gasteiger partial charge on any atom is 0.218 e. The molecule has 2 N–H and O–H groups in total. The lowest BCUT2D eigenvalue weighted by molar-refractivity contribution is 0.0729. The maximum absolute atomic E-state index is 13.4. The van der Waals surface area contributed by atoms with Crippen LogP contribution >= 0.6 is 0 Å². The van der Waals surface area contributed by atoms with Crippen molar-refractivity contribution < 1.29 is 17.5 Å². The highest BCUT2D eigenvalue weighted by molar-refractivity contribution is 7.88. The molecule has 1 aliphatic heterocycles. The molecular weight excluding hydrogens is 419 g/mol. The van der Waals surface area contributed by atoms with Crippen molar-refractivity contribution in [2.24, 2.45) is 4.99 Å². The summed E-state index contributed by atoms with van der Waals surface area (Å²) in [6.45, 7) is 4.29. The molecule has 0 aromatic heterocycles. The number of sulfonamides is 1. The van der Waals surface area contributed by atoms with E-state index in [1.807, 2.05) is 24.3 Å². The number of guanidine groups is 1. The first-order chi connectivity index (χ1) is 14.9. The zero-order chi connectivity index (χ0) is 22.3. The molecule has 2 aromatic rings. The Morgan fingerprint density at radius 2 is 1.77 bits per heavy atom. The molecule has 168 valence electrons. The van der Waals surface area contributed by atoms with Gasteiger partial charge in [0.1, 0.15) is 5.82 Å². The van der Waals surface area contributed by atoms with Gasteiger partial charge in [-0.05, 0) is 35.2 Å². The average Bonchev–Trinajstić information content (AvgIpc) is 2.77. The van der Waals surface area contributed by atoms with Crippen LogP contribution in [0.2, 0.25) is 0 Å². The van der Waals surface area contributed by atoms with Crippen molar-refractivity contribution in [3.05, 3.63) is 70.5 Å². The summed E-state index contributed by atoms with van der Waals surface area (Å²) in [5.41, 5.74) is 3.18. The highest BCUT2D eigenvalue weighted by Crippen LogP contribution is 2.16. The molecule has 2 aromatic carbocycles. The Labute approximate surface area is 183 Å². The third-order valence-electron chi connectivity index (χ3n) is 5.17. The number of morpholine rings is 1. The minimum atomic E-state index is -3.41.